The molecule has 1 amide bonds. The quantitative estimate of drug-likeness (QED) is 0.235. The van der Waals surface area contributed by atoms with Gasteiger partial charge in [-0.05, 0) is 46.8 Å². The molecular formula is C22H33N3O5S2. The van der Waals surface area contributed by atoms with Gasteiger partial charge in [-0.3, -0.25) is 9.59 Å². The molecule has 10 heteroatoms. The number of ether oxygens (including phenoxy) is 2. The van der Waals surface area contributed by atoms with E-state index in [0.717, 1.165) is 19.3 Å². The Hall–Kier alpha value is -1.81. The third kappa shape index (κ3) is 7.65. The molecule has 1 aromatic heterocycles. The first-order valence-electron chi connectivity index (χ1n) is 10.8. The summed E-state index contributed by atoms with van der Waals surface area (Å²) < 4.78 is 10.4. The lowest BCUT2D eigenvalue weighted by Gasteiger charge is -2.36. The maximum absolute atomic E-state index is 13.9. The number of ketones is 1. The van der Waals surface area contributed by atoms with Gasteiger partial charge in [0.05, 0.1) is 22.7 Å². The first-order valence-corrected chi connectivity index (χ1v) is 13.0. The Balaban J connectivity index is 2.29. The molecule has 0 aliphatic heterocycles. The van der Waals surface area contributed by atoms with Gasteiger partial charge >= 0.3 is 12.1 Å². The minimum atomic E-state index is -0.765. The molecule has 1 N–H and O–H groups in total. The molecule has 1 heterocycles. The van der Waals surface area contributed by atoms with E-state index in [1.807, 2.05) is 6.26 Å². The fourth-order valence-electron chi connectivity index (χ4n) is 3.58. The second-order valence-electron chi connectivity index (χ2n) is 8.69. The Bertz CT molecular complexity index is 820. The number of hydrogen-bond acceptors (Lipinski definition) is 9. The number of nitrogens with one attached hydrogen (secondary N) is 1. The van der Waals surface area contributed by atoms with Crippen LogP contribution in [0.2, 0.25) is 0 Å². The fraction of sp³-hybridized carbons (Fsp3) is 0.682. The van der Waals surface area contributed by atoms with Gasteiger partial charge in [-0.2, -0.15) is 0 Å². The lowest BCUT2D eigenvalue weighted by molar-refractivity contribution is -0.139. The van der Waals surface area contributed by atoms with Gasteiger partial charge in [-0.15, -0.1) is 11.8 Å². The molecule has 0 saturated heterocycles. The molecule has 0 aromatic carbocycles. The highest BCUT2D eigenvalue weighted by atomic mass is 32.2. The number of amides is 1. The summed E-state index contributed by atoms with van der Waals surface area (Å²) >= 11 is 2.54. The summed E-state index contributed by atoms with van der Waals surface area (Å²) in [7, 11) is 0. The van der Waals surface area contributed by atoms with Crippen molar-refractivity contribution in [3.63, 3.8) is 0 Å². The van der Waals surface area contributed by atoms with Crippen LogP contribution in [-0.2, 0) is 14.3 Å². The summed E-state index contributed by atoms with van der Waals surface area (Å²) in [5, 5.41) is 3.29. The average Bonchev–Trinajstić information content (AvgIpc) is 2.75. The van der Waals surface area contributed by atoms with Gasteiger partial charge in [-0.25, -0.2) is 14.8 Å². The van der Waals surface area contributed by atoms with E-state index in [2.05, 4.69) is 15.3 Å². The smallest absolute Gasteiger partial charge is 0.407 e. The predicted molar refractivity (Wildman–Crippen MR) is 125 cm³/mol. The summed E-state index contributed by atoms with van der Waals surface area (Å²) in [5.74, 6) is -0.416. The second kappa shape index (κ2) is 11.9. The van der Waals surface area contributed by atoms with Crippen molar-refractivity contribution in [1.82, 2.24) is 15.3 Å². The Morgan fingerprint density at radius 3 is 2.47 bits per heavy atom. The number of aromatic nitrogens is 2. The normalized spacial score (nSPS) is 15.7. The highest BCUT2D eigenvalue weighted by molar-refractivity contribution is 8.00. The molecule has 0 radical (unpaired) electrons. The van der Waals surface area contributed by atoms with E-state index in [0.29, 0.717) is 35.2 Å². The molecule has 1 saturated carbocycles. The number of carbonyl (C=O) groups excluding carboxylic acids is 3. The Morgan fingerprint density at radius 1 is 1.19 bits per heavy atom. The minimum Gasteiger partial charge on any atom is -0.465 e. The number of rotatable bonds is 9. The van der Waals surface area contributed by atoms with Crippen molar-refractivity contribution in [2.45, 2.75) is 75.5 Å². The molecule has 8 nitrogen and oxygen atoms in total. The van der Waals surface area contributed by atoms with Crippen molar-refractivity contribution in [3.05, 3.63) is 11.9 Å². The van der Waals surface area contributed by atoms with Crippen LogP contribution in [0.4, 0.5) is 4.79 Å². The molecule has 1 aliphatic rings. The van der Waals surface area contributed by atoms with Crippen LogP contribution in [0.15, 0.2) is 16.2 Å². The van der Waals surface area contributed by atoms with Crippen molar-refractivity contribution in [2.24, 2.45) is 5.41 Å². The number of alkyl carbamates (subject to hydrolysis) is 1. The van der Waals surface area contributed by atoms with Gasteiger partial charge in [0.2, 0.25) is 0 Å². The Morgan fingerprint density at radius 2 is 1.88 bits per heavy atom. The lowest BCUT2D eigenvalue weighted by atomic mass is 9.70. The molecule has 0 bridgehead atoms. The summed E-state index contributed by atoms with van der Waals surface area (Å²) in [6, 6.07) is 0. The summed E-state index contributed by atoms with van der Waals surface area (Å²) in [6.45, 7) is 7.62. The Kier molecular flexibility index (Phi) is 9.82. The number of carbonyl (C=O) groups is 3. The minimum absolute atomic E-state index is 0.0687. The maximum atomic E-state index is 13.9. The van der Waals surface area contributed by atoms with Crippen molar-refractivity contribution in [1.29, 1.82) is 0 Å². The molecular weight excluding hydrogens is 450 g/mol. The van der Waals surface area contributed by atoms with Crippen LogP contribution in [0.3, 0.4) is 0 Å². The molecule has 1 aromatic rings. The van der Waals surface area contributed by atoms with E-state index >= 15 is 0 Å². The monoisotopic (exact) mass is 483 g/mol. The van der Waals surface area contributed by atoms with Crippen LogP contribution in [-0.4, -0.2) is 58.6 Å². The Labute approximate surface area is 198 Å². The van der Waals surface area contributed by atoms with Crippen LogP contribution in [0, 0.1) is 5.41 Å². The number of hydrogen-bond donors (Lipinski definition) is 1. The van der Waals surface area contributed by atoms with Gasteiger partial charge in [0.15, 0.2) is 10.9 Å². The molecule has 0 unspecified atom stereocenters. The third-order valence-corrected chi connectivity index (χ3v) is 6.60. The van der Waals surface area contributed by atoms with E-state index < -0.39 is 17.1 Å². The van der Waals surface area contributed by atoms with E-state index in [1.54, 1.807) is 33.9 Å². The van der Waals surface area contributed by atoms with Crippen LogP contribution >= 0.6 is 23.5 Å². The summed E-state index contributed by atoms with van der Waals surface area (Å²) in [4.78, 5) is 47.3. The van der Waals surface area contributed by atoms with Crippen molar-refractivity contribution in [2.75, 3.05) is 25.2 Å². The highest BCUT2D eigenvalue weighted by Crippen LogP contribution is 2.40. The van der Waals surface area contributed by atoms with Crippen LogP contribution in [0.5, 0.6) is 0 Å². The SMILES string of the molecule is CCOC(=O)CSc1cnc(SC)nc1C(=O)C1(CNC(=O)OC(C)(C)C)CCCCC1. The van der Waals surface area contributed by atoms with Crippen LogP contribution < -0.4 is 5.32 Å². The predicted octanol–water partition coefficient (Wildman–Crippen LogP) is 4.51. The van der Waals surface area contributed by atoms with Crippen LogP contribution in [0.1, 0.15) is 70.3 Å². The fourth-order valence-corrected chi connectivity index (χ4v) is 4.68. The first-order chi connectivity index (χ1) is 15.1. The van der Waals surface area contributed by atoms with Crippen molar-refractivity contribution >= 4 is 41.4 Å². The summed E-state index contributed by atoms with van der Waals surface area (Å²) in [6.07, 6.45) is 7.04. The highest BCUT2D eigenvalue weighted by Gasteiger charge is 2.42. The topological polar surface area (TPSA) is 107 Å². The zero-order valence-electron chi connectivity index (χ0n) is 19.5. The molecule has 0 spiro atoms. The van der Waals surface area contributed by atoms with E-state index in [4.69, 9.17) is 9.47 Å². The molecule has 32 heavy (non-hydrogen) atoms. The van der Waals surface area contributed by atoms with Gasteiger partial charge < -0.3 is 14.8 Å². The molecule has 178 valence electrons. The standard InChI is InChI=1S/C22H33N3O5S2/c1-6-29-16(26)13-32-15-12-23-19(31-5)25-17(15)18(27)22(10-8-7-9-11-22)14-24-20(28)30-21(2,3)4/h12H,6-11,13-14H2,1-5H3,(H,24,28). The van der Waals surface area contributed by atoms with Crippen LogP contribution in [0.25, 0.3) is 0 Å². The van der Waals surface area contributed by atoms with Gasteiger partial charge in [0, 0.05) is 12.7 Å². The number of thioether (sulfide) groups is 2. The number of esters is 1. The number of Topliss-reactive ketones (excluding diaryl/α,β-unsaturated/α-hetero) is 1. The van der Waals surface area contributed by atoms with Crippen molar-refractivity contribution < 1.29 is 23.9 Å². The number of nitrogens with zero attached hydrogens (tertiary/aromatic N) is 2. The first kappa shape index (κ1) is 26.4. The molecule has 1 fully saturated rings. The van der Waals surface area contributed by atoms with E-state index in [9.17, 15) is 14.4 Å². The van der Waals surface area contributed by atoms with Gasteiger partial charge in [-0.1, -0.05) is 31.0 Å². The van der Waals surface area contributed by atoms with E-state index in [1.165, 1.54) is 23.5 Å². The molecule has 0 atom stereocenters. The van der Waals surface area contributed by atoms with Gasteiger partial charge in [0.25, 0.3) is 0 Å². The summed E-state index contributed by atoms with van der Waals surface area (Å²) in [5.41, 5.74) is -1.09. The third-order valence-electron chi connectivity index (χ3n) is 5.04. The van der Waals surface area contributed by atoms with E-state index in [-0.39, 0.29) is 24.1 Å². The zero-order valence-corrected chi connectivity index (χ0v) is 21.1. The lowest BCUT2D eigenvalue weighted by Crippen LogP contribution is -2.46. The molecule has 2 rings (SSSR count). The maximum Gasteiger partial charge on any atom is 0.407 e. The molecule has 1 aliphatic carbocycles. The largest absolute Gasteiger partial charge is 0.465 e. The average molecular weight is 484 g/mol. The van der Waals surface area contributed by atoms with Gasteiger partial charge in [0.1, 0.15) is 11.3 Å². The zero-order chi connectivity index (χ0) is 23.8. The van der Waals surface area contributed by atoms with Crippen molar-refractivity contribution in [3.8, 4) is 0 Å². The second-order valence-corrected chi connectivity index (χ2v) is 10.5.